The molecule has 0 saturated carbocycles. The van der Waals surface area contributed by atoms with Gasteiger partial charge in [-0.3, -0.25) is 15.6 Å². The van der Waals surface area contributed by atoms with E-state index < -0.39 is 11.9 Å². The fraction of sp³-hybridized carbons (Fsp3) is 0.167. The lowest BCUT2D eigenvalue weighted by Gasteiger charge is -2.09. The summed E-state index contributed by atoms with van der Waals surface area (Å²) in [5, 5.41) is 8.48. The van der Waals surface area contributed by atoms with Crippen molar-refractivity contribution >= 4 is 11.9 Å². The number of carbonyl (C=O) groups excluding carboxylic acids is 1. The maximum atomic E-state index is 11.3. The van der Waals surface area contributed by atoms with E-state index in [-0.39, 0.29) is 12.3 Å². The first kappa shape index (κ1) is 13.6. The predicted molar refractivity (Wildman–Crippen MR) is 64.7 cm³/mol. The maximum absolute atomic E-state index is 11.3. The SMILES string of the molecule is C=C(NNC(=O)COc1ccc(C)cc1)C(=O)O. The third kappa shape index (κ3) is 4.56. The molecule has 6 nitrogen and oxygen atoms in total. The third-order valence-corrected chi connectivity index (χ3v) is 2.00. The summed E-state index contributed by atoms with van der Waals surface area (Å²) in [6.45, 7) is 4.91. The van der Waals surface area contributed by atoms with Crippen LogP contribution in [-0.4, -0.2) is 23.6 Å². The zero-order valence-electron chi connectivity index (χ0n) is 9.90. The van der Waals surface area contributed by atoms with Crippen molar-refractivity contribution in [1.82, 2.24) is 10.9 Å². The van der Waals surface area contributed by atoms with Gasteiger partial charge in [-0.25, -0.2) is 4.79 Å². The van der Waals surface area contributed by atoms with Gasteiger partial charge < -0.3 is 9.84 Å². The molecule has 0 aliphatic carbocycles. The zero-order valence-corrected chi connectivity index (χ0v) is 9.90. The molecule has 1 rings (SSSR count). The monoisotopic (exact) mass is 250 g/mol. The molecular formula is C12H14N2O4. The molecule has 6 heteroatoms. The normalized spacial score (nSPS) is 9.39. The summed E-state index contributed by atoms with van der Waals surface area (Å²) < 4.78 is 5.19. The Labute approximate surface area is 104 Å². The average molecular weight is 250 g/mol. The maximum Gasteiger partial charge on any atom is 0.353 e. The van der Waals surface area contributed by atoms with Crippen LogP contribution in [0.1, 0.15) is 5.56 Å². The lowest BCUT2D eigenvalue weighted by atomic mass is 10.2. The zero-order chi connectivity index (χ0) is 13.5. The summed E-state index contributed by atoms with van der Waals surface area (Å²) in [7, 11) is 0. The van der Waals surface area contributed by atoms with Crippen LogP contribution in [0.25, 0.3) is 0 Å². The van der Waals surface area contributed by atoms with Gasteiger partial charge in [0.05, 0.1) is 0 Å². The van der Waals surface area contributed by atoms with E-state index in [4.69, 9.17) is 9.84 Å². The van der Waals surface area contributed by atoms with Crippen molar-refractivity contribution in [3.8, 4) is 5.75 Å². The Morgan fingerprint density at radius 3 is 2.44 bits per heavy atom. The largest absolute Gasteiger partial charge is 0.484 e. The van der Waals surface area contributed by atoms with Crippen LogP contribution in [0.5, 0.6) is 5.75 Å². The first-order valence-electron chi connectivity index (χ1n) is 5.15. The number of aliphatic carboxylic acids is 1. The van der Waals surface area contributed by atoms with E-state index in [1.54, 1.807) is 12.1 Å². The van der Waals surface area contributed by atoms with Gasteiger partial charge in [0.25, 0.3) is 5.91 Å². The minimum atomic E-state index is -1.24. The van der Waals surface area contributed by atoms with Crippen molar-refractivity contribution in [1.29, 1.82) is 0 Å². The molecule has 0 bridgehead atoms. The molecule has 3 N–H and O–H groups in total. The van der Waals surface area contributed by atoms with E-state index in [1.165, 1.54) is 0 Å². The van der Waals surface area contributed by atoms with Gasteiger partial charge in [-0.2, -0.15) is 0 Å². The van der Waals surface area contributed by atoms with Crippen LogP contribution in [0.4, 0.5) is 0 Å². The summed E-state index contributed by atoms with van der Waals surface area (Å²) in [5.41, 5.74) is 5.07. The van der Waals surface area contributed by atoms with Crippen LogP contribution in [-0.2, 0) is 9.59 Å². The van der Waals surface area contributed by atoms with E-state index in [1.807, 2.05) is 19.1 Å². The molecule has 0 spiro atoms. The van der Waals surface area contributed by atoms with Crippen LogP contribution < -0.4 is 15.6 Å². The smallest absolute Gasteiger partial charge is 0.353 e. The third-order valence-electron chi connectivity index (χ3n) is 2.00. The number of ether oxygens (including phenoxy) is 1. The second-order valence-corrected chi connectivity index (χ2v) is 3.56. The van der Waals surface area contributed by atoms with Crippen LogP contribution in [0, 0.1) is 6.92 Å². The Morgan fingerprint density at radius 1 is 1.28 bits per heavy atom. The second kappa shape index (κ2) is 6.29. The topological polar surface area (TPSA) is 87.7 Å². The molecule has 0 saturated heterocycles. The van der Waals surface area contributed by atoms with Crippen molar-refractivity contribution in [2.75, 3.05) is 6.61 Å². The van der Waals surface area contributed by atoms with Gasteiger partial charge in [-0.15, -0.1) is 0 Å². The summed E-state index contributed by atoms with van der Waals surface area (Å²) in [4.78, 5) is 21.7. The number of rotatable bonds is 6. The van der Waals surface area contributed by atoms with Crippen molar-refractivity contribution in [2.45, 2.75) is 6.92 Å². The van der Waals surface area contributed by atoms with Gasteiger partial charge in [0.1, 0.15) is 11.4 Å². The second-order valence-electron chi connectivity index (χ2n) is 3.56. The van der Waals surface area contributed by atoms with Crippen LogP contribution in [0.15, 0.2) is 36.5 Å². The highest BCUT2D eigenvalue weighted by Crippen LogP contribution is 2.10. The molecule has 0 unspecified atom stereocenters. The lowest BCUT2D eigenvalue weighted by Crippen LogP contribution is -2.41. The molecule has 0 aromatic heterocycles. The van der Waals surface area contributed by atoms with Gasteiger partial charge in [-0.1, -0.05) is 24.3 Å². The molecule has 0 aliphatic heterocycles. The number of nitrogens with one attached hydrogen (secondary N) is 2. The van der Waals surface area contributed by atoms with Crippen molar-refractivity contribution < 1.29 is 19.4 Å². The molecule has 1 amide bonds. The summed E-state index contributed by atoms with van der Waals surface area (Å²) in [6, 6.07) is 7.20. The fourth-order valence-corrected chi connectivity index (χ4v) is 1.02. The van der Waals surface area contributed by atoms with Crippen LogP contribution in [0.2, 0.25) is 0 Å². The number of hydrogen-bond donors (Lipinski definition) is 3. The Morgan fingerprint density at radius 2 is 1.89 bits per heavy atom. The molecule has 0 fully saturated rings. The number of hydrazine groups is 1. The fourth-order valence-electron chi connectivity index (χ4n) is 1.02. The van der Waals surface area contributed by atoms with Crippen molar-refractivity contribution in [3.05, 3.63) is 42.1 Å². The van der Waals surface area contributed by atoms with E-state index in [0.29, 0.717) is 5.75 Å². The number of carbonyl (C=O) groups is 2. The summed E-state index contributed by atoms with van der Waals surface area (Å²) >= 11 is 0. The molecule has 18 heavy (non-hydrogen) atoms. The Hall–Kier alpha value is -2.50. The van der Waals surface area contributed by atoms with Crippen LogP contribution >= 0.6 is 0 Å². The minimum absolute atomic E-state index is 0.219. The quantitative estimate of drug-likeness (QED) is 0.508. The van der Waals surface area contributed by atoms with Gasteiger partial charge in [0, 0.05) is 0 Å². The van der Waals surface area contributed by atoms with Gasteiger partial charge in [0.2, 0.25) is 0 Å². The van der Waals surface area contributed by atoms with Crippen LogP contribution in [0.3, 0.4) is 0 Å². The molecule has 1 aromatic rings. The molecule has 0 aliphatic rings. The summed E-state index contributed by atoms with van der Waals surface area (Å²) in [5.74, 6) is -1.18. The summed E-state index contributed by atoms with van der Waals surface area (Å²) in [6.07, 6.45) is 0. The molecule has 0 atom stereocenters. The van der Waals surface area contributed by atoms with E-state index in [0.717, 1.165) is 5.56 Å². The van der Waals surface area contributed by atoms with Gasteiger partial charge >= 0.3 is 5.97 Å². The molecule has 96 valence electrons. The van der Waals surface area contributed by atoms with Crippen molar-refractivity contribution in [3.63, 3.8) is 0 Å². The Balaban J connectivity index is 2.31. The number of carboxylic acids is 1. The number of aryl methyl sites for hydroxylation is 1. The highest BCUT2D eigenvalue weighted by molar-refractivity contribution is 5.86. The predicted octanol–water partition coefficient (Wildman–Crippen LogP) is 0.593. The first-order valence-corrected chi connectivity index (χ1v) is 5.15. The van der Waals surface area contributed by atoms with E-state index in [2.05, 4.69) is 17.4 Å². The standard InChI is InChI=1S/C12H14N2O4/c1-8-3-5-10(6-4-8)18-7-11(15)14-13-9(2)12(16)17/h3-6,13H,2,7H2,1H3,(H,14,15)(H,16,17). The Bertz CT molecular complexity index is 454. The highest BCUT2D eigenvalue weighted by atomic mass is 16.5. The first-order chi connectivity index (χ1) is 8.49. The number of carboxylic acid groups (broad SMARTS) is 1. The Kier molecular flexibility index (Phi) is 4.74. The number of amides is 1. The molecule has 1 aromatic carbocycles. The molecular weight excluding hydrogens is 236 g/mol. The number of hydrogen-bond acceptors (Lipinski definition) is 4. The average Bonchev–Trinajstić information content (AvgIpc) is 2.35. The molecule has 0 heterocycles. The lowest BCUT2D eigenvalue weighted by molar-refractivity contribution is -0.133. The number of benzene rings is 1. The van der Waals surface area contributed by atoms with Gasteiger partial charge in [0.15, 0.2) is 6.61 Å². The van der Waals surface area contributed by atoms with Gasteiger partial charge in [-0.05, 0) is 19.1 Å². The van der Waals surface area contributed by atoms with Crippen molar-refractivity contribution in [2.24, 2.45) is 0 Å². The highest BCUT2D eigenvalue weighted by Gasteiger charge is 2.06. The van der Waals surface area contributed by atoms with E-state index in [9.17, 15) is 9.59 Å². The molecule has 0 radical (unpaired) electrons. The van der Waals surface area contributed by atoms with E-state index >= 15 is 0 Å². The minimum Gasteiger partial charge on any atom is -0.484 e.